The highest BCUT2D eigenvalue weighted by molar-refractivity contribution is 7.89. The number of nitrogens with one attached hydrogen (secondary N) is 1. The highest BCUT2D eigenvalue weighted by Gasteiger charge is 2.29. The maximum absolute atomic E-state index is 13.0. The zero-order valence-corrected chi connectivity index (χ0v) is 18.0. The van der Waals surface area contributed by atoms with Gasteiger partial charge in [0.05, 0.1) is 10.8 Å². The van der Waals surface area contributed by atoms with E-state index in [9.17, 15) is 13.2 Å². The van der Waals surface area contributed by atoms with Gasteiger partial charge in [0.25, 0.3) is 0 Å². The maximum Gasteiger partial charge on any atom is 0.243 e. The van der Waals surface area contributed by atoms with Crippen molar-refractivity contribution in [2.24, 2.45) is 5.92 Å². The normalized spacial score (nSPS) is 19.7. The first kappa shape index (κ1) is 20.9. The molecule has 0 spiro atoms. The molecule has 7 heteroatoms. The van der Waals surface area contributed by atoms with Gasteiger partial charge in [0, 0.05) is 18.8 Å². The van der Waals surface area contributed by atoms with Gasteiger partial charge in [-0.1, -0.05) is 37.5 Å². The number of fused-ring (bicyclic) bond motifs is 1. The Morgan fingerprint density at radius 2 is 1.73 bits per heavy atom. The minimum Gasteiger partial charge on any atom is -0.492 e. The number of hydrogen-bond acceptors (Lipinski definition) is 4. The average molecular weight is 429 g/mol. The van der Waals surface area contributed by atoms with Crippen LogP contribution in [0.25, 0.3) is 0 Å². The maximum atomic E-state index is 13.0. The van der Waals surface area contributed by atoms with Crippen LogP contribution in [0.15, 0.2) is 53.4 Å². The Kier molecular flexibility index (Phi) is 6.11. The Bertz CT molecular complexity index is 998. The van der Waals surface area contributed by atoms with Crippen LogP contribution in [0.3, 0.4) is 0 Å². The molecular weight excluding hydrogens is 400 g/mol. The second-order valence-electron chi connectivity index (χ2n) is 8.15. The number of carbonyl (C=O) groups is 1. The third-order valence-corrected chi connectivity index (χ3v) is 8.06. The van der Waals surface area contributed by atoms with Gasteiger partial charge in [0.1, 0.15) is 12.4 Å². The van der Waals surface area contributed by atoms with Gasteiger partial charge in [-0.15, -0.1) is 0 Å². The van der Waals surface area contributed by atoms with Crippen LogP contribution in [-0.4, -0.2) is 38.3 Å². The van der Waals surface area contributed by atoms with E-state index >= 15 is 0 Å². The number of anilines is 1. The van der Waals surface area contributed by atoms with Crippen LogP contribution in [0.2, 0.25) is 0 Å². The van der Waals surface area contributed by atoms with E-state index in [2.05, 4.69) is 5.32 Å². The van der Waals surface area contributed by atoms with Crippen molar-refractivity contribution in [2.45, 2.75) is 49.5 Å². The fraction of sp³-hybridized carbons (Fsp3) is 0.435. The van der Waals surface area contributed by atoms with E-state index in [1.165, 1.54) is 10.7 Å². The van der Waals surface area contributed by atoms with Gasteiger partial charge >= 0.3 is 0 Å². The summed E-state index contributed by atoms with van der Waals surface area (Å²) in [6.45, 7) is 0.335. The summed E-state index contributed by atoms with van der Waals surface area (Å²) >= 11 is 0. The molecule has 0 unspecified atom stereocenters. The zero-order valence-electron chi connectivity index (χ0n) is 17.2. The number of sulfonamides is 1. The van der Waals surface area contributed by atoms with Crippen LogP contribution in [0.4, 0.5) is 5.69 Å². The quantitative estimate of drug-likeness (QED) is 0.785. The van der Waals surface area contributed by atoms with E-state index in [4.69, 9.17) is 4.74 Å². The Labute approximate surface area is 178 Å². The first-order valence-corrected chi connectivity index (χ1v) is 12.0. The molecule has 1 aliphatic heterocycles. The molecule has 1 fully saturated rings. The fourth-order valence-corrected chi connectivity index (χ4v) is 5.67. The molecule has 1 N–H and O–H groups in total. The lowest BCUT2D eigenvalue weighted by atomic mass is 9.96. The molecule has 1 amide bonds. The summed E-state index contributed by atoms with van der Waals surface area (Å²) in [5.41, 5.74) is 1.61. The highest BCUT2D eigenvalue weighted by atomic mass is 32.2. The van der Waals surface area contributed by atoms with E-state index in [0.29, 0.717) is 18.7 Å². The summed E-state index contributed by atoms with van der Waals surface area (Å²) in [4.78, 5) is 12.9. The molecule has 0 saturated heterocycles. The summed E-state index contributed by atoms with van der Waals surface area (Å²) in [7, 11) is -1.87. The van der Waals surface area contributed by atoms with Crippen molar-refractivity contribution < 1.29 is 17.9 Å². The Morgan fingerprint density at radius 1 is 1.03 bits per heavy atom. The molecule has 1 aliphatic carbocycles. The molecule has 2 aromatic rings. The number of rotatable bonds is 5. The molecule has 1 heterocycles. The Morgan fingerprint density at radius 3 is 2.47 bits per heavy atom. The zero-order chi connectivity index (χ0) is 21.1. The molecular formula is C23H28N2O4S. The van der Waals surface area contributed by atoms with Gasteiger partial charge in [0.15, 0.2) is 0 Å². The standard InChI is InChI=1S/C23H28N2O4S/c1-25(20-8-3-2-4-9-20)30(27,28)21-13-11-19(12-14-21)24-23(26)18-15-17-7-5-6-10-22(17)29-16-18/h5-7,10-14,18,20H,2-4,8-9,15-16H2,1H3,(H,24,26)/t18-/m1/s1. The van der Waals surface area contributed by atoms with Crippen molar-refractivity contribution >= 4 is 21.6 Å². The monoisotopic (exact) mass is 428 g/mol. The molecule has 1 atom stereocenters. The third kappa shape index (κ3) is 4.37. The number of carbonyl (C=O) groups excluding carboxylic acids is 1. The Hall–Kier alpha value is -2.38. The molecule has 2 aromatic carbocycles. The van der Waals surface area contributed by atoms with Gasteiger partial charge in [-0.3, -0.25) is 4.79 Å². The first-order valence-electron chi connectivity index (χ1n) is 10.5. The second-order valence-corrected chi connectivity index (χ2v) is 10.1. The van der Waals surface area contributed by atoms with E-state index in [-0.39, 0.29) is 22.8 Å². The van der Waals surface area contributed by atoms with E-state index in [1.54, 1.807) is 31.3 Å². The number of ether oxygens (including phenoxy) is 1. The van der Waals surface area contributed by atoms with Crippen molar-refractivity contribution in [3.8, 4) is 5.75 Å². The second kappa shape index (κ2) is 8.78. The van der Waals surface area contributed by atoms with Crippen molar-refractivity contribution in [1.82, 2.24) is 4.31 Å². The molecule has 6 nitrogen and oxygen atoms in total. The van der Waals surface area contributed by atoms with Crippen molar-refractivity contribution in [3.63, 3.8) is 0 Å². The number of para-hydroxylation sites is 1. The first-order chi connectivity index (χ1) is 14.4. The number of hydrogen-bond donors (Lipinski definition) is 1. The molecule has 4 rings (SSSR count). The van der Waals surface area contributed by atoms with Crippen LogP contribution >= 0.6 is 0 Å². The summed E-state index contributed by atoms with van der Waals surface area (Å²) < 4.78 is 33.1. The van der Waals surface area contributed by atoms with Crippen LogP contribution in [0.5, 0.6) is 5.75 Å². The topological polar surface area (TPSA) is 75.7 Å². The predicted molar refractivity (Wildman–Crippen MR) is 116 cm³/mol. The van der Waals surface area contributed by atoms with Gasteiger partial charge < -0.3 is 10.1 Å². The van der Waals surface area contributed by atoms with Gasteiger partial charge in [-0.2, -0.15) is 4.31 Å². The summed E-state index contributed by atoms with van der Waals surface area (Å²) in [6, 6.07) is 14.2. The molecule has 2 aliphatic rings. The van der Waals surface area contributed by atoms with E-state index in [0.717, 1.165) is 37.0 Å². The third-order valence-electron chi connectivity index (χ3n) is 6.14. The van der Waals surface area contributed by atoms with Crippen molar-refractivity contribution in [1.29, 1.82) is 0 Å². The molecule has 0 radical (unpaired) electrons. The number of benzene rings is 2. The number of nitrogens with zero attached hydrogens (tertiary/aromatic N) is 1. The molecule has 30 heavy (non-hydrogen) atoms. The molecule has 0 bridgehead atoms. The lowest BCUT2D eigenvalue weighted by Crippen LogP contribution is -2.38. The minimum absolute atomic E-state index is 0.0670. The van der Waals surface area contributed by atoms with Crippen molar-refractivity contribution in [3.05, 3.63) is 54.1 Å². The van der Waals surface area contributed by atoms with Gasteiger partial charge in [-0.05, 0) is 55.2 Å². The summed E-state index contributed by atoms with van der Waals surface area (Å²) in [5, 5.41) is 2.89. The smallest absolute Gasteiger partial charge is 0.243 e. The van der Waals surface area contributed by atoms with E-state index in [1.807, 2.05) is 24.3 Å². The fourth-order valence-electron chi connectivity index (χ4n) is 4.26. The van der Waals surface area contributed by atoms with Gasteiger partial charge in [-0.25, -0.2) is 8.42 Å². The van der Waals surface area contributed by atoms with Gasteiger partial charge in [0.2, 0.25) is 15.9 Å². The molecule has 1 saturated carbocycles. The summed E-state index contributed by atoms with van der Waals surface area (Å²) in [5.74, 6) is 0.429. The average Bonchev–Trinajstić information content (AvgIpc) is 2.79. The Balaban J connectivity index is 1.40. The van der Waals surface area contributed by atoms with Crippen LogP contribution in [-0.2, 0) is 21.2 Å². The lowest BCUT2D eigenvalue weighted by Gasteiger charge is -2.30. The van der Waals surface area contributed by atoms with Crippen LogP contribution < -0.4 is 10.1 Å². The highest BCUT2D eigenvalue weighted by Crippen LogP contribution is 2.29. The number of amides is 1. The van der Waals surface area contributed by atoms with E-state index < -0.39 is 10.0 Å². The lowest BCUT2D eigenvalue weighted by molar-refractivity contribution is -0.121. The largest absolute Gasteiger partial charge is 0.492 e. The SMILES string of the molecule is CN(C1CCCCC1)S(=O)(=O)c1ccc(NC(=O)[C@H]2COc3ccccc3C2)cc1. The van der Waals surface area contributed by atoms with Crippen LogP contribution in [0, 0.1) is 5.92 Å². The van der Waals surface area contributed by atoms with Crippen molar-refractivity contribution in [2.75, 3.05) is 19.0 Å². The van der Waals surface area contributed by atoms with Crippen LogP contribution in [0.1, 0.15) is 37.7 Å². The molecule has 0 aromatic heterocycles. The molecule has 160 valence electrons. The summed E-state index contributed by atoms with van der Waals surface area (Å²) in [6.07, 6.45) is 5.78. The minimum atomic E-state index is -3.54. The predicted octanol–water partition coefficient (Wildman–Crippen LogP) is 3.83.